The number of fused-ring (bicyclic) bond motifs is 1. The minimum atomic E-state index is -4.46. The molecule has 0 saturated heterocycles. The minimum Gasteiger partial charge on any atom is -0.497 e. The van der Waals surface area contributed by atoms with Crippen LogP contribution in [0.5, 0.6) is 11.5 Å². The van der Waals surface area contributed by atoms with Crippen molar-refractivity contribution in [3.8, 4) is 17.2 Å². The van der Waals surface area contributed by atoms with Crippen LogP contribution in [0.3, 0.4) is 0 Å². The topological polar surface area (TPSA) is 116 Å². The van der Waals surface area contributed by atoms with Crippen LogP contribution in [0.2, 0.25) is 5.02 Å². The number of hydrogen-bond donors (Lipinski definition) is 2. The van der Waals surface area contributed by atoms with Crippen LogP contribution < -0.4 is 14.8 Å². The molecular formula is C33H32ClF3N4O5. The number of ketones is 1. The summed E-state index contributed by atoms with van der Waals surface area (Å²) in [6.45, 7) is 0.0798. The zero-order valence-corrected chi connectivity index (χ0v) is 25.6. The highest BCUT2D eigenvalue weighted by atomic mass is 35.5. The lowest BCUT2D eigenvalue weighted by Gasteiger charge is -2.26. The van der Waals surface area contributed by atoms with Gasteiger partial charge in [0, 0.05) is 40.7 Å². The van der Waals surface area contributed by atoms with E-state index in [-0.39, 0.29) is 25.2 Å². The monoisotopic (exact) mass is 656 g/mol. The molecule has 3 aromatic carbocycles. The number of ether oxygens (including phenoxy) is 2. The lowest BCUT2D eigenvalue weighted by molar-refractivity contribution is -0.138. The van der Waals surface area contributed by atoms with E-state index in [1.807, 2.05) is 0 Å². The summed E-state index contributed by atoms with van der Waals surface area (Å²) in [6.07, 6.45) is 0.177. The molecule has 0 aliphatic heterocycles. The van der Waals surface area contributed by atoms with E-state index >= 15 is 0 Å². The first-order valence-corrected chi connectivity index (χ1v) is 15.1. The normalized spacial score (nSPS) is 15.4. The minimum absolute atomic E-state index is 0.0798. The molecule has 0 saturated carbocycles. The number of anilines is 1. The molecule has 1 aromatic heterocycles. The average molecular weight is 657 g/mol. The van der Waals surface area contributed by atoms with Gasteiger partial charge in [0.2, 0.25) is 0 Å². The van der Waals surface area contributed by atoms with E-state index in [1.165, 1.54) is 31.9 Å². The van der Waals surface area contributed by atoms with E-state index in [4.69, 9.17) is 26.2 Å². The van der Waals surface area contributed by atoms with Gasteiger partial charge in [-0.25, -0.2) is 9.67 Å². The summed E-state index contributed by atoms with van der Waals surface area (Å²) in [5, 5.41) is 17.0. The van der Waals surface area contributed by atoms with Crippen molar-refractivity contribution in [1.29, 1.82) is 0 Å². The number of carbonyl (C=O) groups is 2. The number of carboxylic acid groups (broad SMARTS) is 1. The Hall–Kier alpha value is -4.58. The summed E-state index contributed by atoms with van der Waals surface area (Å²) in [7, 11) is 1.52. The maximum absolute atomic E-state index is 14.5. The van der Waals surface area contributed by atoms with E-state index in [9.17, 15) is 22.8 Å². The zero-order chi connectivity index (χ0) is 32.8. The first-order valence-electron chi connectivity index (χ1n) is 14.7. The fourth-order valence-electron chi connectivity index (χ4n) is 5.61. The van der Waals surface area contributed by atoms with E-state index < -0.39 is 29.7 Å². The molecule has 9 nitrogen and oxygen atoms in total. The number of aryl methyl sites for hydroxylation is 2. The van der Waals surface area contributed by atoms with Crippen LogP contribution in [0.25, 0.3) is 5.69 Å². The largest absolute Gasteiger partial charge is 0.497 e. The summed E-state index contributed by atoms with van der Waals surface area (Å²) < 4.78 is 53.3. The first-order chi connectivity index (χ1) is 22.0. The summed E-state index contributed by atoms with van der Waals surface area (Å²) in [4.78, 5) is 29.5. The lowest BCUT2D eigenvalue weighted by Crippen LogP contribution is -2.28. The lowest BCUT2D eigenvalue weighted by atomic mass is 9.87. The third-order valence-corrected chi connectivity index (χ3v) is 8.18. The summed E-state index contributed by atoms with van der Waals surface area (Å²) in [5.74, 6) is -0.812. The average Bonchev–Trinajstić information content (AvgIpc) is 3.48. The second kappa shape index (κ2) is 14.2. The third kappa shape index (κ3) is 7.97. The molecule has 2 unspecified atom stereocenters. The quantitative estimate of drug-likeness (QED) is 0.122. The smallest absolute Gasteiger partial charge is 0.416 e. The van der Waals surface area contributed by atoms with E-state index in [1.54, 1.807) is 41.1 Å². The molecule has 242 valence electrons. The molecule has 0 amide bonds. The van der Waals surface area contributed by atoms with Crippen LogP contribution in [0.15, 0.2) is 67.3 Å². The molecule has 0 spiro atoms. The predicted molar refractivity (Wildman–Crippen MR) is 165 cm³/mol. The zero-order valence-electron chi connectivity index (χ0n) is 24.9. The van der Waals surface area contributed by atoms with E-state index in [2.05, 4.69) is 15.4 Å². The van der Waals surface area contributed by atoms with Gasteiger partial charge in [-0.1, -0.05) is 23.7 Å². The van der Waals surface area contributed by atoms with Crippen molar-refractivity contribution in [2.24, 2.45) is 5.92 Å². The van der Waals surface area contributed by atoms with Crippen LogP contribution in [0, 0.1) is 5.92 Å². The molecule has 1 aliphatic carbocycles. The number of benzene rings is 3. The predicted octanol–water partition coefficient (Wildman–Crippen LogP) is 7.11. The number of methoxy groups -OCH3 is 1. The van der Waals surface area contributed by atoms with Gasteiger partial charge in [0.05, 0.1) is 25.0 Å². The number of carboxylic acids is 1. The second-order valence-electron chi connectivity index (χ2n) is 11.0. The van der Waals surface area contributed by atoms with Crippen LogP contribution >= 0.6 is 11.6 Å². The molecular weight excluding hydrogens is 625 g/mol. The summed E-state index contributed by atoms with van der Waals surface area (Å²) in [6, 6.07) is 13.0. The molecule has 2 atom stereocenters. The number of aliphatic carboxylic acids is 1. The highest BCUT2D eigenvalue weighted by molar-refractivity contribution is 6.30. The molecule has 5 rings (SSSR count). The van der Waals surface area contributed by atoms with Gasteiger partial charge < -0.3 is 19.9 Å². The number of halogens is 4. The van der Waals surface area contributed by atoms with Crippen molar-refractivity contribution in [2.45, 2.75) is 50.7 Å². The van der Waals surface area contributed by atoms with Gasteiger partial charge in [-0.3, -0.25) is 9.59 Å². The van der Waals surface area contributed by atoms with Crippen molar-refractivity contribution in [3.05, 3.63) is 94.5 Å². The third-order valence-electron chi connectivity index (χ3n) is 7.95. The molecule has 4 aromatic rings. The molecule has 1 heterocycles. The fourth-order valence-corrected chi connectivity index (χ4v) is 5.77. The molecule has 1 aliphatic rings. The number of Topliss-reactive ketones (excluding diaryl/α,β-unsaturated/α-hetero) is 1. The number of alkyl halides is 3. The highest BCUT2D eigenvalue weighted by Gasteiger charge is 2.34. The van der Waals surface area contributed by atoms with Gasteiger partial charge in [-0.15, -0.1) is 0 Å². The van der Waals surface area contributed by atoms with Gasteiger partial charge in [0.15, 0.2) is 5.78 Å². The Balaban J connectivity index is 1.49. The van der Waals surface area contributed by atoms with E-state index in [0.717, 1.165) is 11.6 Å². The van der Waals surface area contributed by atoms with Gasteiger partial charge in [0.1, 0.15) is 30.2 Å². The van der Waals surface area contributed by atoms with Gasteiger partial charge in [-0.05, 0) is 73.6 Å². The van der Waals surface area contributed by atoms with Crippen molar-refractivity contribution in [1.82, 2.24) is 14.8 Å². The van der Waals surface area contributed by atoms with Gasteiger partial charge >= 0.3 is 12.1 Å². The molecule has 0 fully saturated rings. The Morgan fingerprint density at radius 2 is 1.87 bits per heavy atom. The fraction of sp³-hybridized carbons (Fsp3) is 0.333. The highest BCUT2D eigenvalue weighted by Crippen LogP contribution is 2.38. The number of nitrogens with zero attached hydrogens (tertiary/aromatic N) is 3. The standard InChI is InChI=1S/C33H32ClF3N4O5/c1-45-27-16-25(15-26(17-27)41-19-38-18-39-41)40-31(28-11-10-24(34)14-29(28)46-12-2-3-30(42)43)32(44)21-5-4-20-8-9-23(33(35,36)37)13-22(20)7-6-21/h8-11,13-19,21,31,40H,2-7,12H2,1H3,(H,42,43). The first kappa shape index (κ1) is 32.8. The van der Waals surface area contributed by atoms with E-state index in [0.29, 0.717) is 64.7 Å². The summed E-state index contributed by atoms with van der Waals surface area (Å²) >= 11 is 6.32. The Kier molecular flexibility index (Phi) is 10.2. The number of aromatic nitrogens is 3. The molecule has 46 heavy (non-hydrogen) atoms. The Morgan fingerprint density at radius 3 is 2.57 bits per heavy atom. The Bertz CT molecular complexity index is 1700. The number of rotatable bonds is 12. The maximum Gasteiger partial charge on any atom is 0.416 e. The van der Waals surface area contributed by atoms with Crippen molar-refractivity contribution in [2.75, 3.05) is 19.0 Å². The van der Waals surface area contributed by atoms with Crippen LogP contribution in [0.1, 0.15) is 54.0 Å². The second-order valence-corrected chi connectivity index (χ2v) is 11.5. The van der Waals surface area contributed by atoms with Crippen molar-refractivity contribution in [3.63, 3.8) is 0 Å². The van der Waals surface area contributed by atoms with Crippen LogP contribution in [0.4, 0.5) is 18.9 Å². The van der Waals surface area contributed by atoms with Gasteiger partial charge in [0.25, 0.3) is 0 Å². The summed E-state index contributed by atoms with van der Waals surface area (Å²) in [5.41, 5.74) is 2.32. The molecule has 13 heteroatoms. The Morgan fingerprint density at radius 1 is 1.09 bits per heavy atom. The number of nitrogens with one attached hydrogen (secondary N) is 1. The molecule has 2 N–H and O–H groups in total. The maximum atomic E-state index is 14.5. The Labute approximate surface area is 268 Å². The SMILES string of the molecule is COc1cc(NC(C(=O)C2CCc3ccc(C(F)(F)F)cc3CC2)c2ccc(Cl)cc2OCCCC(=O)O)cc(-n2cncn2)c1. The molecule has 0 radical (unpaired) electrons. The molecule has 0 bridgehead atoms. The number of carbonyl (C=O) groups excluding carboxylic acids is 1. The van der Waals surface area contributed by atoms with Gasteiger partial charge in [-0.2, -0.15) is 18.3 Å². The number of hydrogen-bond acceptors (Lipinski definition) is 7. The van der Waals surface area contributed by atoms with Crippen LogP contribution in [-0.4, -0.2) is 45.3 Å². The van der Waals surface area contributed by atoms with Crippen molar-refractivity contribution < 1.29 is 37.3 Å². The van der Waals surface area contributed by atoms with Crippen molar-refractivity contribution >= 4 is 29.0 Å². The van der Waals surface area contributed by atoms with Crippen LogP contribution in [-0.2, 0) is 28.6 Å².